The second kappa shape index (κ2) is 5.26. The molecule has 0 aromatic heterocycles. The second-order valence-corrected chi connectivity index (χ2v) is 3.68. The van der Waals surface area contributed by atoms with Gasteiger partial charge < -0.3 is 5.11 Å². The summed E-state index contributed by atoms with van der Waals surface area (Å²) in [6.45, 7) is 2.60. The molecule has 96 valence electrons. The first-order chi connectivity index (χ1) is 8.34. The van der Waals surface area contributed by atoms with Crippen molar-refractivity contribution in [2.24, 2.45) is 0 Å². The largest absolute Gasteiger partial charge is 0.480 e. The molecule has 18 heavy (non-hydrogen) atoms. The van der Waals surface area contributed by atoms with Crippen molar-refractivity contribution in [3.63, 3.8) is 0 Å². The molecule has 1 rings (SSSR count). The van der Waals surface area contributed by atoms with Gasteiger partial charge in [0, 0.05) is 24.7 Å². The van der Waals surface area contributed by atoms with Gasteiger partial charge in [0.25, 0.3) is 5.69 Å². The normalized spacial score (nSPS) is 11.7. The summed E-state index contributed by atoms with van der Waals surface area (Å²) >= 11 is 0. The molecule has 1 aromatic carbocycles. The monoisotopic (exact) mass is 252 g/mol. The minimum Gasteiger partial charge on any atom is -0.480 e. The number of hydrogen-bond donors (Lipinski definition) is 1. The Balaban J connectivity index is 3.11. The van der Waals surface area contributed by atoms with Gasteiger partial charge in [-0.05, 0) is 19.1 Å². The van der Waals surface area contributed by atoms with Crippen LogP contribution in [0.5, 0.6) is 0 Å². The summed E-state index contributed by atoms with van der Waals surface area (Å²) in [6, 6.07) is 4.10. The third-order valence-corrected chi connectivity index (χ3v) is 2.42. The first-order valence-electron chi connectivity index (χ1n) is 5.11. The number of benzene rings is 1. The molecule has 0 radical (unpaired) electrons. The van der Waals surface area contributed by atoms with Crippen LogP contribution in [0.3, 0.4) is 0 Å². The molecule has 0 fully saturated rings. The highest BCUT2D eigenvalue weighted by Gasteiger charge is 2.24. The van der Waals surface area contributed by atoms with Crippen molar-refractivity contribution >= 4 is 23.3 Å². The van der Waals surface area contributed by atoms with Crippen LogP contribution in [0.4, 0.5) is 11.4 Å². The van der Waals surface area contributed by atoms with Crippen LogP contribution in [0.25, 0.3) is 0 Å². The summed E-state index contributed by atoms with van der Waals surface area (Å²) in [7, 11) is 0. The molecule has 0 spiro atoms. The zero-order valence-electron chi connectivity index (χ0n) is 9.86. The Bertz CT molecular complexity index is 483. The zero-order chi connectivity index (χ0) is 13.9. The first-order valence-corrected chi connectivity index (χ1v) is 5.11. The van der Waals surface area contributed by atoms with E-state index in [1.807, 2.05) is 0 Å². The van der Waals surface area contributed by atoms with Crippen molar-refractivity contribution in [2.75, 3.05) is 4.90 Å². The van der Waals surface area contributed by atoms with Crippen LogP contribution in [-0.2, 0) is 9.59 Å². The molecule has 1 atom stereocenters. The lowest BCUT2D eigenvalue weighted by molar-refractivity contribution is -0.384. The molecule has 1 aromatic rings. The number of aliphatic carboxylic acids is 1. The van der Waals surface area contributed by atoms with Gasteiger partial charge >= 0.3 is 5.97 Å². The predicted octanol–water partition coefficient (Wildman–Crippen LogP) is 1.42. The SMILES string of the molecule is CC(=O)N(c1ccc([N+](=O)[O-])cc1)C(C)C(=O)O. The van der Waals surface area contributed by atoms with E-state index in [-0.39, 0.29) is 5.69 Å². The third-order valence-electron chi connectivity index (χ3n) is 2.42. The highest BCUT2D eigenvalue weighted by Crippen LogP contribution is 2.21. The zero-order valence-corrected chi connectivity index (χ0v) is 9.86. The molecule has 1 unspecified atom stereocenters. The van der Waals surface area contributed by atoms with E-state index < -0.39 is 22.8 Å². The fourth-order valence-electron chi connectivity index (χ4n) is 1.52. The third kappa shape index (κ3) is 2.82. The summed E-state index contributed by atoms with van der Waals surface area (Å²) < 4.78 is 0. The summed E-state index contributed by atoms with van der Waals surface area (Å²) in [5.41, 5.74) is 0.188. The quantitative estimate of drug-likeness (QED) is 0.645. The molecule has 0 heterocycles. The molecular weight excluding hydrogens is 240 g/mol. The molecule has 7 nitrogen and oxygen atoms in total. The molecule has 7 heteroatoms. The summed E-state index contributed by atoms with van der Waals surface area (Å²) in [5, 5.41) is 19.4. The number of nitro benzene ring substituents is 1. The molecular formula is C11H12N2O5. The standard InChI is InChI=1S/C11H12N2O5/c1-7(11(15)16)12(8(2)14)9-3-5-10(6-4-9)13(17)18/h3-7H,1-2H3,(H,15,16). The average molecular weight is 252 g/mol. The Kier molecular flexibility index (Phi) is 3.98. The number of anilines is 1. The Labute approximate surface area is 103 Å². The molecule has 1 amide bonds. The van der Waals surface area contributed by atoms with E-state index in [2.05, 4.69) is 0 Å². The van der Waals surface area contributed by atoms with Gasteiger partial charge in [-0.15, -0.1) is 0 Å². The van der Waals surface area contributed by atoms with Crippen LogP contribution < -0.4 is 4.90 Å². The highest BCUT2D eigenvalue weighted by molar-refractivity contribution is 5.97. The van der Waals surface area contributed by atoms with Crippen LogP contribution in [-0.4, -0.2) is 27.9 Å². The maximum atomic E-state index is 11.4. The van der Waals surface area contributed by atoms with Crippen molar-refractivity contribution in [2.45, 2.75) is 19.9 Å². The van der Waals surface area contributed by atoms with Crippen LogP contribution in [0.2, 0.25) is 0 Å². The number of carboxylic acid groups (broad SMARTS) is 1. The van der Waals surface area contributed by atoms with E-state index in [0.717, 1.165) is 4.90 Å². The molecule has 0 saturated carbocycles. The Morgan fingerprint density at radius 3 is 2.17 bits per heavy atom. The number of carbonyl (C=O) groups excluding carboxylic acids is 1. The number of hydrogen-bond acceptors (Lipinski definition) is 4. The van der Waals surface area contributed by atoms with Crippen LogP contribution in [0.1, 0.15) is 13.8 Å². The number of nitrogens with zero attached hydrogens (tertiary/aromatic N) is 2. The number of non-ortho nitro benzene ring substituents is 1. The van der Waals surface area contributed by atoms with E-state index in [1.165, 1.54) is 38.1 Å². The Morgan fingerprint density at radius 2 is 1.83 bits per heavy atom. The molecule has 0 aliphatic heterocycles. The lowest BCUT2D eigenvalue weighted by Gasteiger charge is -2.25. The van der Waals surface area contributed by atoms with Gasteiger partial charge in [-0.2, -0.15) is 0 Å². The highest BCUT2D eigenvalue weighted by atomic mass is 16.6. The first kappa shape index (κ1) is 13.6. The van der Waals surface area contributed by atoms with E-state index in [9.17, 15) is 19.7 Å². The molecule has 0 bridgehead atoms. The molecule has 0 saturated heterocycles. The fourth-order valence-corrected chi connectivity index (χ4v) is 1.52. The Hall–Kier alpha value is -2.44. The minimum absolute atomic E-state index is 0.120. The van der Waals surface area contributed by atoms with Crippen LogP contribution in [0.15, 0.2) is 24.3 Å². The number of amides is 1. The van der Waals surface area contributed by atoms with Gasteiger partial charge in [0.15, 0.2) is 0 Å². The molecule has 0 aliphatic rings. The van der Waals surface area contributed by atoms with Crippen LogP contribution in [0, 0.1) is 10.1 Å². The lowest BCUT2D eigenvalue weighted by Crippen LogP contribution is -2.42. The van der Waals surface area contributed by atoms with Crippen molar-refractivity contribution in [1.29, 1.82) is 0 Å². The van der Waals surface area contributed by atoms with Crippen molar-refractivity contribution in [3.8, 4) is 0 Å². The van der Waals surface area contributed by atoms with Gasteiger partial charge in [-0.1, -0.05) is 0 Å². The number of carboxylic acids is 1. The summed E-state index contributed by atoms with van der Waals surface area (Å²) in [4.78, 5) is 33.3. The van der Waals surface area contributed by atoms with E-state index >= 15 is 0 Å². The fraction of sp³-hybridized carbons (Fsp3) is 0.273. The van der Waals surface area contributed by atoms with Crippen molar-refractivity contribution < 1.29 is 19.6 Å². The second-order valence-electron chi connectivity index (χ2n) is 3.68. The summed E-state index contributed by atoms with van der Waals surface area (Å²) in [5.74, 6) is -1.60. The topological polar surface area (TPSA) is 101 Å². The average Bonchev–Trinajstić information content (AvgIpc) is 2.29. The number of nitro groups is 1. The van der Waals surface area contributed by atoms with Gasteiger partial charge in [-0.25, -0.2) is 4.79 Å². The van der Waals surface area contributed by atoms with Gasteiger partial charge in [0.2, 0.25) is 5.91 Å². The number of rotatable bonds is 4. The van der Waals surface area contributed by atoms with E-state index in [4.69, 9.17) is 5.11 Å². The maximum absolute atomic E-state index is 11.4. The minimum atomic E-state index is -1.15. The number of carbonyl (C=O) groups is 2. The molecule has 0 aliphatic carbocycles. The van der Waals surface area contributed by atoms with Crippen LogP contribution >= 0.6 is 0 Å². The van der Waals surface area contributed by atoms with Crippen molar-refractivity contribution in [3.05, 3.63) is 34.4 Å². The van der Waals surface area contributed by atoms with Crippen molar-refractivity contribution in [1.82, 2.24) is 0 Å². The van der Waals surface area contributed by atoms with Gasteiger partial charge in [0.05, 0.1) is 4.92 Å². The lowest BCUT2D eigenvalue weighted by atomic mass is 10.2. The Morgan fingerprint density at radius 1 is 1.33 bits per heavy atom. The van der Waals surface area contributed by atoms with E-state index in [0.29, 0.717) is 5.69 Å². The predicted molar refractivity (Wildman–Crippen MR) is 63.4 cm³/mol. The van der Waals surface area contributed by atoms with Gasteiger partial charge in [0.1, 0.15) is 6.04 Å². The molecule has 1 N–H and O–H groups in total. The smallest absolute Gasteiger partial charge is 0.326 e. The maximum Gasteiger partial charge on any atom is 0.326 e. The van der Waals surface area contributed by atoms with E-state index in [1.54, 1.807) is 0 Å². The summed E-state index contributed by atoms with van der Waals surface area (Å²) in [6.07, 6.45) is 0. The van der Waals surface area contributed by atoms with Gasteiger partial charge in [-0.3, -0.25) is 19.8 Å².